The maximum Gasteiger partial charge on any atom is 0.471 e. The van der Waals surface area contributed by atoms with E-state index in [1.807, 2.05) is 30.3 Å². The van der Waals surface area contributed by atoms with Crippen LogP contribution in [-0.4, -0.2) is 44.3 Å². The molecule has 1 unspecified atom stereocenters. The topological polar surface area (TPSA) is 144 Å². The number of hydrogen-bond donors (Lipinski definition) is 3. The number of nitrogens with zero attached hydrogens (tertiary/aromatic N) is 3. The van der Waals surface area contributed by atoms with Gasteiger partial charge in [0, 0.05) is 42.9 Å². The van der Waals surface area contributed by atoms with E-state index in [1.54, 1.807) is 30.6 Å². The Morgan fingerprint density at radius 1 is 1.15 bits per heavy atom. The van der Waals surface area contributed by atoms with Crippen LogP contribution in [-0.2, 0) is 21.9 Å². The number of phosphoric acid groups is 1. The fourth-order valence-electron chi connectivity index (χ4n) is 3.38. The number of ether oxygens (including phenoxy) is 1. The number of nitrogens with two attached hydrogens (primary N) is 1. The molecular weight excluding hydrogens is 459 g/mol. The summed E-state index contributed by atoms with van der Waals surface area (Å²) in [6.07, 6.45) is 7.35. The third-order valence-corrected chi connectivity index (χ3v) is 5.57. The first-order chi connectivity index (χ1) is 16.4. The van der Waals surface area contributed by atoms with E-state index in [1.165, 1.54) is 10.5 Å². The number of phosphoric ester groups is 1. The van der Waals surface area contributed by atoms with Gasteiger partial charge in [0.1, 0.15) is 12.9 Å². The fourth-order valence-corrected chi connectivity index (χ4v) is 3.66. The summed E-state index contributed by atoms with van der Waals surface area (Å²) in [6, 6.07) is 15.6. The lowest BCUT2D eigenvalue weighted by Crippen LogP contribution is -2.41. The van der Waals surface area contributed by atoms with Crippen LogP contribution in [0.5, 0.6) is 5.88 Å². The Balaban J connectivity index is 1.31. The zero-order valence-electron chi connectivity index (χ0n) is 18.2. The summed E-state index contributed by atoms with van der Waals surface area (Å²) in [5.74, 6) is 1.02. The smallest absolute Gasteiger partial charge is 0.471 e. The van der Waals surface area contributed by atoms with Gasteiger partial charge in [-0.1, -0.05) is 47.6 Å². The summed E-state index contributed by atoms with van der Waals surface area (Å²) in [5, 5.41) is 4.11. The standard InChI is InChI=1S/C23H25N4O6P/c24-23-20(7-4-11-27(23)16-32-34(28,29)30)21-14-19(26-33-21)13-18-8-9-22(25-15-18)31-12-10-17-5-2-1-3-6-17/h1-9,11,14-15,23H,10,12-13,16,24H2,(H2,28,29,30). The Hall–Kier alpha value is -3.27. The van der Waals surface area contributed by atoms with Crippen molar-refractivity contribution in [2.24, 2.45) is 5.73 Å². The molecule has 1 aliphatic heterocycles. The van der Waals surface area contributed by atoms with Crippen molar-refractivity contribution < 1.29 is 28.1 Å². The van der Waals surface area contributed by atoms with Crippen LogP contribution in [0.2, 0.25) is 0 Å². The normalized spacial score (nSPS) is 15.9. The Bertz CT molecular complexity index is 1190. The average Bonchev–Trinajstić information content (AvgIpc) is 3.28. The van der Waals surface area contributed by atoms with E-state index in [0.29, 0.717) is 35.9 Å². The number of aromatic nitrogens is 2. The lowest BCUT2D eigenvalue weighted by molar-refractivity contribution is 0.110. The molecule has 1 aliphatic rings. The first-order valence-electron chi connectivity index (χ1n) is 10.5. The predicted molar refractivity (Wildman–Crippen MR) is 124 cm³/mol. The molecule has 11 heteroatoms. The molecule has 0 radical (unpaired) electrons. The first-order valence-corrected chi connectivity index (χ1v) is 12.1. The molecule has 4 rings (SSSR count). The number of rotatable bonds is 10. The summed E-state index contributed by atoms with van der Waals surface area (Å²) in [5.41, 5.74) is 9.65. The summed E-state index contributed by atoms with van der Waals surface area (Å²) in [4.78, 5) is 23.6. The zero-order valence-corrected chi connectivity index (χ0v) is 19.1. The van der Waals surface area contributed by atoms with Gasteiger partial charge < -0.3 is 29.7 Å². The van der Waals surface area contributed by atoms with Crippen LogP contribution in [0.15, 0.2) is 77.6 Å². The van der Waals surface area contributed by atoms with Crippen molar-refractivity contribution in [1.82, 2.24) is 15.0 Å². The molecule has 3 aromatic rings. The fraction of sp³-hybridized carbons (Fsp3) is 0.217. The van der Waals surface area contributed by atoms with Crippen LogP contribution >= 0.6 is 7.82 Å². The minimum absolute atomic E-state index is 0.369. The van der Waals surface area contributed by atoms with E-state index in [-0.39, 0.29) is 6.73 Å². The minimum atomic E-state index is -4.61. The molecular formula is C23H25N4O6P. The number of allylic oxidation sites excluding steroid dienone is 2. The molecule has 178 valence electrons. The monoisotopic (exact) mass is 484 g/mol. The highest BCUT2D eigenvalue weighted by molar-refractivity contribution is 7.46. The van der Waals surface area contributed by atoms with Gasteiger partial charge in [0.2, 0.25) is 5.88 Å². The van der Waals surface area contributed by atoms with Gasteiger partial charge in [0.05, 0.1) is 12.3 Å². The van der Waals surface area contributed by atoms with Gasteiger partial charge in [0.25, 0.3) is 0 Å². The minimum Gasteiger partial charge on any atom is -0.477 e. The lowest BCUT2D eigenvalue weighted by Gasteiger charge is -2.30. The van der Waals surface area contributed by atoms with E-state index < -0.39 is 14.0 Å². The molecule has 0 amide bonds. The molecule has 0 fully saturated rings. The molecule has 4 N–H and O–H groups in total. The van der Waals surface area contributed by atoms with Crippen LogP contribution in [0.4, 0.5) is 0 Å². The number of benzene rings is 1. The summed E-state index contributed by atoms with van der Waals surface area (Å²) in [6.45, 7) is 0.175. The van der Waals surface area contributed by atoms with Crippen LogP contribution in [0.3, 0.4) is 0 Å². The lowest BCUT2D eigenvalue weighted by atomic mass is 10.1. The number of hydrogen-bond acceptors (Lipinski definition) is 8. The highest BCUT2D eigenvalue weighted by atomic mass is 31.2. The quantitative estimate of drug-likeness (QED) is 0.367. The van der Waals surface area contributed by atoms with Crippen LogP contribution in [0, 0.1) is 0 Å². The third kappa shape index (κ3) is 6.63. The van der Waals surface area contributed by atoms with Crippen molar-refractivity contribution in [2.45, 2.75) is 19.0 Å². The Morgan fingerprint density at radius 3 is 2.71 bits per heavy atom. The van der Waals surface area contributed by atoms with Gasteiger partial charge in [-0.15, -0.1) is 0 Å². The molecule has 2 aromatic heterocycles. The van der Waals surface area contributed by atoms with E-state index in [9.17, 15) is 4.57 Å². The molecule has 1 aromatic carbocycles. The maximum absolute atomic E-state index is 11.0. The average molecular weight is 484 g/mol. The largest absolute Gasteiger partial charge is 0.477 e. The highest BCUT2D eigenvalue weighted by Gasteiger charge is 2.25. The molecule has 0 bridgehead atoms. The second kappa shape index (κ2) is 10.8. The van der Waals surface area contributed by atoms with Crippen molar-refractivity contribution >= 4 is 13.4 Å². The second-order valence-corrected chi connectivity index (χ2v) is 8.86. The van der Waals surface area contributed by atoms with Crippen molar-refractivity contribution in [3.63, 3.8) is 0 Å². The van der Waals surface area contributed by atoms with Crippen molar-refractivity contribution in [2.75, 3.05) is 13.3 Å². The SMILES string of the molecule is NC1C(c2cc(Cc3ccc(OCCc4ccccc4)nc3)no2)=CC=CN1COP(=O)(O)O. The van der Waals surface area contributed by atoms with Gasteiger partial charge in [0.15, 0.2) is 5.76 Å². The molecule has 0 spiro atoms. The number of pyridine rings is 1. The van der Waals surface area contributed by atoms with Gasteiger partial charge in [-0.3, -0.25) is 4.52 Å². The van der Waals surface area contributed by atoms with E-state index in [2.05, 4.69) is 26.8 Å². The molecule has 1 atom stereocenters. The van der Waals surface area contributed by atoms with E-state index >= 15 is 0 Å². The molecule has 0 saturated carbocycles. The Morgan fingerprint density at radius 2 is 1.97 bits per heavy atom. The van der Waals surface area contributed by atoms with E-state index in [4.69, 9.17) is 24.8 Å². The second-order valence-electron chi connectivity index (χ2n) is 7.62. The highest BCUT2D eigenvalue weighted by Crippen LogP contribution is 2.36. The van der Waals surface area contributed by atoms with Gasteiger partial charge >= 0.3 is 7.82 Å². The van der Waals surface area contributed by atoms with Crippen LogP contribution < -0.4 is 10.5 Å². The molecule has 3 heterocycles. The summed E-state index contributed by atoms with van der Waals surface area (Å²) < 4.78 is 26.7. The molecule has 10 nitrogen and oxygen atoms in total. The Labute approximate surface area is 196 Å². The van der Waals surface area contributed by atoms with Crippen molar-refractivity contribution in [1.29, 1.82) is 0 Å². The van der Waals surface area contributed by atoms with Crippen molar-refractivity contribution in [3.05, 3.63) is 95.7 Å². The third-order valence-electron chi connectivity index (χ3n) is 5.11. The van der Waals surface area contributed by atoms with Gasteiger partial charge in [-0.05, 0) is 17.2 Å². The maximum atomic E-state index is 11.0. The Kier molecular flexibility index (Phi) is 7.56. The van der Waals surface area contributed by atoms with Crippen LogP contribution in [0.1, 0.15) is 22.6 Å². The molecule has 34 heavy (non-hydrogen) atoms. The van der Waals surface area contributed by atoms with Gasteiger partial charge in [-0.2, -0.15) is 0 Å². The summed E-state index contributed by atoms with van der Waals surface area (Å²) >= 11 is 0. The molecule has 0 aliphatic carbocycles. The molecule has 0 saturated heterocycles. The first kappa shape index (κ1) is 23.9. The van der Waals surface area contributed by atoms with Crippen molar-refractivity contribution in [3.8, 4) is 5.88 Å². The zero-order chi connectivity index (χ0) is 24.0. The van der Waals surface area contributed by atoms with Crippen LogP contribution in [0.25, 0.3) is 5.57 Å². The predicted octanol–water partition coefficient (Wildman–Crippen LogP) is 2.85. The van der Waals surface area contributed by atoms with Gasteiger partial charge in [-0.25, -0.2) is 9.55 Å². The van der Waals surface area contributed by atoms with E-state index in [0.717, 1.165) is 12.0 Å². The summed E-state index contributed by atoms with van der Waals surface area (Å²) in [7, 11) is -4.61.